The first-order valence-corrected chi connectivity index (χ1v) is 15.8. The van der Waals surface area contributed by atoms with Crippen molar-refractivity contribution in [2.75, 3.05) is 6.61 Å². The summed E-state index contributed by atoms with van der Waals surface area (Å²) in [4.78, 5) is 43.5. The van der Waals surface area contributed by atoms with E-state index >= 15 is 0 Å². The molecule has 1 N–H and O–H groups in total. The van der Waals surface area contributed by atoms with Crippen LogP contribution in [0.4, 0.5) is 0 Å². The number of pyridine rings is 1. The average Bonchev–Trinajstić information content (AvgIpc) is 3.03. The molecule has 1 aliphatic heterocycles. The van der Waals surface area contributed by atoms with Crippen LogP contribution in [0, 0.1) is 28.6 Å². The van der Waals surface area contributed by atoms with E-state index in [-0.39, 0.29) is 41.5 Å². The maximum Gasteiger partial charge on any atom is 0.345 e. The van der Waals surface area contributed by atoms with E-state index < -0.39 is 46.2 Å². The van der Waals surface area contributed by atoms with E-state index in [0.29, 0.717) is 17.5 Å². The van der Waals surface area contributed by atoms with Gasteiger partial charge in [0.15, 0.2) is 0 Å². The molecule has 2 saturated carbocycles. The van der Waals surface area contributed by atoms with Gasteiger partial charge in [-0.3, -0.25) is 9.78 Å². The highest BCUT2D eigenvalue weighted by molar-refractivity contribution is 5.90. The lowest BCUT2D eigenvalue weighted by Crippen LogP contribution is -2.70. The maximum absolute atomic E-state index is 13.8. The fourth-order valence-corrected chi connectivity index (χ4v) is 8.69. The molecule has 3 unspecified atom stereocenters. The Labute approximate surface area is 268 Å². The van der Waals surface area contributed by atoms with Crippen LogP contribution in [-0.2, 0) is 14.3 Å². The zero-order valence-corrected chi connectivity index (χ0v) is 26.9. The summed E-state index contributed by atoms with van der Waals surface area (Å²) in [5.74, 6) is -1.14. The molecule has 2 aliphatic carbocycles. The topological polar surface area (TPSA) is 125 Å². The highest BCUT2D eigenvalue weighted by Gasteiger charge is 2.70. The number of benzene rings is 1. The van der Waals surface area contributed by atoms with Crippen molar-refractivity contribution in [1.29, 1.82) is 0 Å². The molecule has 3 aliphatic rings. The van der Waals surface area contributed by atoms with Crippen LogP contribution < -0.4 is 10.4 Å². The predicted octanol–water partition coefficient (Wildman–Crippen LogP) is 6.40. The minimum atomic E-state index is -1.28. The Morgan fingerprint density at radius 2 is 1.96 bits per heavy atom. The van der Waals surface area contributed by atoms with Crippen molar-refractivity contribution < 1.29 is 33.3 Å². The number of aliphatic hydroxyl groups is 1. The summed E-state index contributed by atoms with van der Waals surface area (Å²) in [5, 5.41) is 12.3. The molecule has 9 nitrogen and oxygen atoms in total. The number of ether oxygens (including phenoxy) is 3. The minimum Gasteiger partial charge on any atom is -0.482 e. The number of hydrogen-bond acceptors (Lipinski definition) is 9. The van der Waals surface area contributed by atoms with E-state index in [1.165, 1.54) is 6.92 Å². The van der Waals surface area contributed by atoms with Gasteiger partial charge in [-0.05, 0) is 73.3 Å². The molecule has 0 spiro atoms. The van der Waals surface area contributed by atoms with E-state index in [0.717, 1.165) is 18.4 Å². The third-order valence-corrected chi connectivity index (χ3v) is 11.3. The highest BCUT2D eigenvalue weighted by atomic mass is 16.6. The van der Waals surface area contributed by atoms with Crippen LogP contribution in [0.1, 0.15) is 81.5 Å². The Balaban J connectivity index is 1.49. The molecule has 242 valence electrons. The molecule has 3 heterocycles. The molecule has 3 aromatic rings. The second kappa shape index (κ2) is 11.5. The lowest BCUT2D eigenvalue weighted by Gasteiger charge is -2.66. The molecule has 0 saturated heterocycles. The summed E-state index contributed by atoms with van der Waals surface area (Å²) in [6, 6.07) is 12.1. The zero-order chi connectivity index (χ0) is 33.0. The number of fused-ring (bicyclic) bond motifs is 4. The summed E-state index contributed by atoms with van der Waals surface area (Å²) < 4.78 is 24.6. The second-order valence-corrected chi connectivity index (χ2v) is 13.9. The minimum absolute atomic E-state index is 0.0426. The van der Waals surface area contributed by atoms with Gasteiger partial charge in [0, 0.05) is 42.3 Å². The Hall–Kier alpha value is -4.24. The zero-order valence-electron chi connectivity index (χ0n) is 26.9. The van der Waals surface area contributed by atoms with Crippen molar-refractivity contribution in [3.63, 3.8) is 0 Å². The van der Waals surface area contributed by atoms with Gasteiger partial charge in [0.2, 0.25) is 0 Å². The van der Waals surface area contributed by atoms with E-state index in [9.17, 15) is 19.5 Å². The maximum atomic E-state index is 13.8. The number of nitrogens with zero attached hydrogens (tertiary/aromatic N) is 1. The summed E-state index contributed by atoms with van der Waals surface area (Å²) in [6.45, 7) is 13.6. The Morgan fingerprint density at radius 3 is 2.65 bits per heavy atom. The fraction of sp³-hybridized carbons (Fsp3) is 0.459. The highest BCUT2D eigenvalue weighted by Crippen LogP contribution is 2.68. The molecule has 2 fully saturated rings. The number of hydrogen-bond donors (Lipinski definition) is 1. The lowest BCUT2D eigenvalue weighted by molar-refractivity contribution is -0.257. The lowest BCUT2D eigenvalue weighted by atomic mass is 9.41. The number of esters is 2. The van der Waals surface area contributed by atoms with Crippen molar-refractivity contribution >= 4 is 18.0 Å². The van der Waals surface area contributed by atoms with Gasteiger partial charge in [0.1, 0.15) is 28.8 Å². The molecule has 0 amide bonds. The van der Waals surface area contributed by atoms with Crippen LogP contribution in [0.5, 0.6) is 5.75 Å². The first kappa shape index (κ1) is 31.7. The Morgan fingerprint density at radius 1 is 1.17 bits per heavy atom. The van der Waals surface area contributed by atoms with Crippen LogP contribution in [0.3, 0.4) is 0 Å². The second-order valence-electron chi connectivity index (χ2n) is 13.9. The molecule has 0 radical (unpaired) electrons. The first-order chi connectivity index (χ1) is 21.8. The quantitative estimate of drug-likeness (QED) is 0.309. The van der Waals surface area contributed by atoms with Crippen LogP contribution >= 0.6 is 0 Å². The number of aliphatic hydroxyl groups excluding tert-OH is 1. The van der Waals surface area contributed by atoms with Gasteiger partial charge in [-0.1, -0.05) is 45.6 Å². The van der Waals surface area contributed by atoms with Gasteiger partial charge in [0.25, 0.3) is 0 Å². The average molecular weight is 628 g/mol. The van der Waals surface area contributed by atoms with Crippen molar-refractivity contribution in [1.82, 2.24) is 4.98 Å². The predicted molar refractivity (Wildman–Crippen MR) is 171 cm³/mol. The van der Waals surface area contributed by atoms with E-state index in [2.05, 4.69) is 32.3 Å². The number of carbonyl (C=O) groups is 2. The van der Waals surface area contributed by atoms with Gasteiger partial charge >= 0.3 is 17.6 Å². The molecule has 1 aromatic carbocycles. The van der Waals surface area contributed by atoms with Crippen LogP contribution in [0.15, 0.2) is 70.6 Å². The SMILES string of the molecule is C=Cc1cccc(C(=O)O[C@H]2CC3C(C)(COC(C)=O)[C@@H](C)CC[C@]3(C)C3[C@@H](O)c4c(cc(-c5cccnc5)oc4=O)O[C@@]32C)c1. The largest absolute Gasteiger partial charge is 0.482 e. The smallest absolute Gasteiger partial charge is 0.345 e. The van der Waals surface area contributed by atoms with Gasteiger partial charge in [0.05, 0.1) is 18.3 Å². The third kappa shape index (κ3) is 5.05. The Kier molecular flexibility index (Phi) is 7.95. The molecular formula is C37H41NO8. The van der Waals surface area contributed by atoms with Gasteiger partial charge in [-0.25, -0.2) is 9.59 Å². The van der Waals surface area contributed by atoms with E-state index in [1.807, 2.05) is 13.0 Å². The number of rotatable bonds is 6. The van der Waals surface area contributed by atoms with Gasteiger partial charge < -0.3 is 23.7 Å². The molecule has 46 heavy (non-hydrogen) atoms. The van der Waals surface area contributed by atoms with E-state index in [1.54, 1.807) is 54.9 Å². The van der Waals surface area contributed by atoms with Crippen molar-refractivity contribution in [2.45, 2.75) is 71.7 Å². The Bertz CT molecular complexity index is 1730. The fourth-order valence-electron chi connectivity index (χ4n) is 8.69. The normalized spacial score (nSPS) is 33.0. The molecule has 0 bridgehead atoms. The van der Waals surface area contributed by atoms with Crippen LogP contribution in [0.25, 0.3) is 17.4 Å². The monoisotopic (exact) mass is 627 g/mol. The first-order valence-electron chi connectivity index (χ1n) is 15.8. The number of aromatic nitrogens is 1. The molecule has 2 aromatic heterocycles. The van der Waals surface area contributed by atoms with Crippen LogP contribution in [0.2, 0.25) is 0 Å². The van der Waals surface area contributed by atoms with Gasteiger partial charge in [-0.2, -0.15) is 0 Å². The van der Waals surface area contributed by atoms with E-state index in [4.69, 9.17) is 18.6 Å². The summed E-state index contributed by atoms with van der Waals surface area (Å²) in [7, 11) is 0. The standard InChI is InChI=1S/C37H41NO8/c1-7-23-10-8-11-24(16-23)33(41)45-29-18-28-35(4,14-13-21(2)36(28,5)20-43-22(3)39)32-31(40)30-27(46-37(29,32)6)17-26(44-34(30)42)25-12-9-15-38-19-25/h7-12,15-17,19,21,28-29,31-32,40H,1,13-14,18,20H2,2-6H3/t21-,28?,29-,31-,32?,35-,36?,37+/m0/s1. The summed E-state index contributed by atoms with van der Waals surface area (Å²) in [5.41, 5.74) is -1.27. The van der Waals surface area contributed by atoms with Crippen molar-refractivity contribution in [2.24, 2.45) is 28.6 Å². The molecular weight excluding hydrogens is 586 g/mol. The molecule has 6 rings (SSSR count). The number of carbonyl (C=O) groups excluding carboxylic acids is 2. The summed E-state index contributed by atoms with van der Waals surface area (Å²) in [6.07, 6.45) is 4.69. The van der Waals surface area contributed by atoms with Crippen molar-refractivity contribution in [3.8, 4) is 17.1 Å². The molecule has 8 atom stereocenters. The third-order valence-electron chi connectivity index (χ3n) is 11.3. The molecule has 9 heteroatoms. The van der Waals surface area contributed by atoms with Gasteiger partial charge in [-0.15, -0.1) is 0 Å². The van der Waals surface area contributed by atoms with Crippen LogP contribution in [-0.4, -0.2) is 40.3 Å². The van der Waals surface area contributed by atoms with Crippen molar-refractivity contribution in [3.05, 3.63) is 88.5 Å². The summed E-state index contributed by atoms with van der Waals surface area (Å²) >= 11 is 0.